The predicted molar refractivity (Wildman–Crippen MR) is 36.9 cm³/mol. The maximum atomic E-state index is 12.5. The molecule has 0 radical (unpaired) electrons. The number of halogens is 2. The molecule has 0 saturated heterocycles. The summed E-state index contributed by atoms with van der Waals surface area (Å²) in [4.78, 5) is 0. The van der Waals surface area contributed by atoms with Gasteiger partial charge in [0.15, 0.2) is 0 Å². The SMILES string of the molecule is CC1C=C(F)C(Cl)=CC1. The molecule has 0 N–H and O–H groups in total. The van der Waals surface area contributed by atoms with Gasteiger partial charge < -0.3 is 0 Å². The molecule has 1 aliphatic carbocycles. The molecule has 1 aliphatic rings. The molecule has 0 aliphatic heterocycles. The fourth-order valence-electron chi connectivity index (χ4n) is 0.784. The Hall–Kier alpha value is -0.300. The van der Waals surface area contributed by atoms with E-state index in [0.29, 0.717) is 5.92 Å². The molecule has 0 aromatic heterocycles. The van der Waals surface area contributed by atoms with E-state index in [0.717, 1.165) is 6.42 Å². The highest BCUT2D eigenvalue weighted by Crippen LogP contribution is 2.25. The van der Waals surface area contributed by atoms with Crippen molar-refractivity contribution in [3.63, 3.8) is 0 Å². The van der Waals surface area contributed by atoms with Crippen molar-refractivity contribution in [2.45, 2.75) is 13.3 Å². The fourth-order valence-corrected chi connectivity index (χ4v) is 0.936. The van der Waals surface area contributed by atoms with Crippen molar-refractivity contribution in [1.82, 2.24) is 0 Å². The Kier molecular flexibility index (Phi) is 1.91. The molecule has 0 aromatic carbocycles. The van der Waals surface area contributed by atoms with Crippen LogP contribution < -0.4 is 0 Å². The summed E-state index contributed by atoms with van der Waals surface area (Å²) in [6.07, 6.45) is 4.11. The minimum Gasteiger partial charge on any atom is -0.206 e. The van der Waals surface area contributed by atoms with Gasteiger partial charge in [0.25, 0.3) is 0 Å². The first-order valence-corrected chi connectivity index (χ1v) is 3.31. The molecule has 1 rings (SSSR count). The van der Waals surface area contributed by atoms with E-state index >= 15 is 0 Å². The summed E-state index contributed by atoms with van der Waals surface area (Å²) in [7, 11) is 0. The van der Waals surface area contributed by atoms with Crippen LogP contribution in [0.4, 0.5) is 4.39 Å². The first kappa shape index (κ1) is 6.81. The maximum Gasteiger partial charge on any atom is 0.137 e. The van der Waals surface area contributed by atoms with Crippen molar-refractivity contribution < 1.29 is 4.39 Å². The van der Waals surface area contributed by atoms with Crippen LogP contribution in [0.2, 0.25) is 0 Å². The van der Waals surface area contributed by atoms with Crippen LogP contribution in [0.15, 0.2) is 23.0 Å². The van der Waals surface area contributed by atoms with Crippen LogP contribution in [0.3, 0.4) is 0 Å². The number of hydrogen-bond donors (Lipinski definition) is 0. The van der Waals surface area contributed by atoms with Gasteiger partial charge in [-0.2, -0.15) is 0 Å². The molecule has 0 amide bonds. The van der Waals surface area contributed by atoms with Crippen LogP contribution >= 0.6 is 11.6 Å². The van der Waals surface area contributed by atoms with E-state index in [9.17, 15) is 4.39 Å². The minimum atomic E-state index is -0.282. The van der Waals surface area contributed by atoms with Crippen LogP contribution in [0.1, 0.15) is 13.3 Å². The molecule has 0 heterocycles. The summed E-state index contributed by atoms with van der Waals surface area (Å²) in [6.45, 7) is 1.96. The Balaban J connectivity index is 2.75. The smallest absolute Gasteiger partial charge is 0.137 e. The van der Waals surface area contributed by atoms with E-state index < -0.39 is 0 Å². The van der Waals surface area contributed by atoms with Gasteiger partial charge >= 0.3 is 0 Å². The Morgan fingerprint density at radius 3 is 2.89 bits per heavy atom. The highest BCUT2D eigenvalue weighted by atomic mass is 35.5. The molecule has 50 valence electrons. The summed E-state index contributed by atoms with van der Waals surface area (Å²) < 4.78 is 12.5. The monoisotopic (exact) mass is 146 g/mol. The lowest BCUT2D eigenvalue weighted by Crippen LogP contribution is -1.94. The first-order chi connectivity index (χ1) is 4.20. The van der Waals surface area contributed by atoms with Crippen LogP contribution in [0.25, 0.3) is 0 Å². The van der Waals surface area contributed by atoms with Crippen LogP contribution in [-0.4, -0.2) is 0 Å². The molecule has 2 heteroatoms. The molecule has 1 atom stereocenters. The van der Waals surface area contributed by atoms with E-state index in [4.69, 9.17) is 11.6 Å². The van der Waals surface area contributed by atoms with Gasteiger partial charge in [-0.25, -0.2) is 4.39 Å². The fraction of sp³-hybridized carbons (Fsp3) is 0.429. The quantitative estimate of drug-likeness (QED) is 0.493. The molecular formula is C7H8ClF. The van der Waals surface area contributed by atoms with Crippen LogP contribution in [-0.2, 0) is 0 Å². The van der Waals surface area contributed by atoms with Gasteiger partial charge in [-0.3, -0.25) is 0 Å². The highest BCUT2D eigenvalue weighted by molar-refractivity contribution is 6.31. The second-order valence-corrected chi connectivity index (χ2v) is 2.69. The zero-order chi connectivity index (χ0) is 6.85. The molecule has 9 heavy (non-hydrogen) atoms. The summed E-state index contributed by atoms with van der Waals surface area (Å²) in [5, 5.41) is 0.258. The second-order valence-electron chi connectivity index (χ2n) is 2.28. The zero-order valence-electron chi connectivity index (χ0n) is 5.20. The third kappa shape index (κ3) is 1.55. The maximum absolute atomic E-state index is 12.5. The topological polar surface area (TPSA) is 0 Å². The molecular weight excluding hydrogens is 139 g/mol. The lowest BCUT2D eigenvalue weighted by Gasteiger charge is -2.08. The van der Waals surface area contributed by atoms with Crippen molar-refractivity contribution in [3.8, 4) is 0 Å². The molecule has 0 bridgehead atoms. The normalized spacial score (nSPS) is 27.2. The Labute approximate surface area is 59.0 Å². The molecule has 0 saturated carbocycles. The van der Waals surface area contributed by atoms with Gasteiger partial charge in [-0.15, -0.1) is 0 Å². The molecule has 0 aromatic rings. The molecule has 0 nitrogen and oxygen atoms in total. The van der Waals surface area contributed by atoms with E-state index in [1.54, 1.807) is 12.2 Å². The van der Waals surface area contributed by atoms with Gasteiger partial charge in [0.1, 0.15) is 5.83 Å². The van der Waals surface area contributed by atoms with Crippen molar-refractivity contribution in [1.29, 1.82) is 0 Å². The average Bonchev–Trinajstić information content (AvgIpc) is 1.80. The second kappa shape index (κ2) is 2.53. The molecule has 0 fully saturated rings. The number of allylic oxidation sites excluding steroid dienone is 4. The Bertz CT molecular complexity index is 170. The average molecular weight is 147 g/mol. The molecule has 1 unspecified atom stereocenters. The third-order valence-electron chi connectivity index (χ3n) is 1.33. The van der Waals surface area contributed by atoms with E-state index in [1.165, 1.54) is 0 Å². The van der Waals surface area contributed by atoms with Crippen molar-refractivity contribution >= 4 is 11.6 Å². The van der Waals surface area contributed by atoms with Crippen LogP contribution in [0, 0.1) is 5.92 Å². The predicted octanol–water partition coefficient (Wildman–Crippen LogP) is 3.00. The summed E-state index contributed by atoms with van der Waals surface area (Å²) in [5.41, 5.74) is 0. The lowest BCUT2D eigenvalue weighted by molar-refractivity contribution is 0.611. The van der Waals surface area contributed by atoms with Gasteiger partial charge in [-0.05, 0) is 18.4 Å². The van der Waals surface area contributed by atoms with Gasteiger partial charge in [0.05, 0.1) is 5.03 Å². The Morgan fingerprint density at radius 1 is 1.78 bits per heavy atom. The first-order valence-electron chi connectivity index (χ1n) is 2.93. The van der Waals surface area contributed by atoms with E-state index in [1.807, 2.05) is 6.92 Å². The van der Waals surface area contributed by atoms with Crippen molar-refractivity contribution in [3.05, 3.63) is 23.0 Å². The third-order valence-corrected chi connectivity index (χ3v) is 1.66. The van der Waals surface area contributed by atoms with Gasteiger partial charge in [-0.1, -0.05) is 24.6 Å². The van der Waals surface area contributed by atoms with Gasteiger partial charge in [0, 0.05) is 0 Å². The van der Waals surface area contributed by atoms with Crippen molar-refractivity contribution in [2.24, 2.45) is 5.92 Å². The summed E-state index contributed by atoms with van der Waals surface area (Å²) >= 11 is 5.45. The minimum absolute atomic E-state index is 0.258. The Morgan fingerprint density at radius 2 is 2.44 bits per heavy atom. The largest absolute Gasteiger partial charge is 0.206 e. The molecule has 0 spiro atoms. The zero-order valence-corrected chi connectivity index (χ0v) is 5.95. The number of hydrogen-bond acceptors (Lipinski definition) is 0. The number of rotatable bonds is 0. The standard InChI is InChI=1S/C7H8ClF/c1-5-2-3-6(8)7(9)4-5/h3-5H,2H2,1H3. The summed E-state index contributed by atoms with van der Waals surface area (Å²) in [5.74, 6) is 0.0166. The van der Waals surface area contributed by atoms with Crippen LogP contribution in [0.5, 0.6) is 0 Å². The van der Waals surface area contributed by atoms with Gasteiger partial charge in [0.2, 0.25) is 0 Å². The van der Waals surface area contributed by atoms with E-state index in [-0.39, 0.29) is 10.9 Å². The summed E-state index contributed by atoms with van der Waals surface area (Å²) in [6, 6.07) is 0. The van der Waals surface area contributed by atoms with E-state index in [2.05, 4.69) is 0 Å². The lowest BCUT2D eigenvalue weighted by atomic mass is 10.0. The highest BCUT2D eigenvalue weighted by Gasteiger charge is 2.09. The van der Waals surface area contributed by atoms with Crippen molar-refractivity contribution in [2.75, 3.05) is 0 Å².